The molecule has 10 rings (SSSR count). The van der Waals surface area contributed by atoms with Crippen LogP contribution < -0.4 is 64.0 Å². The standard InChI is InChI=1S/C54H86N14OS3Si.4F6P/c1-54(2,3)73(48-10-6-4-7-11-48,49-12-8-5-9-13-49)69-33-41-15-25-66-27-17-43(60-51(66)58-41)35-71-37-45-19-29-68-31-21-47(64-53(68)62-45)39-72-38-46-20-30-67-28-18-44(61-52(67)63-46)36-70-34-42-16-26-65-24-14-40(32-56-23-22-55)57-50(65)59-42;4*1-7(2,3,4,5)6/h4-13,40-47,56H,14-39,55H2,1-3H3,(H4,57,58,59,60,61,62,63,64);;;;/q;4*-1/p+4/t40-,41-,42-,43-,44-,45-,46-,47-;;;;/m1..../s1. The third-order valence-corrected chi connectivity index (χ3v) is 25.3. The molecule has 592 valence electrons. The molecule has 0 aromatic heterocycles. The van der Waals surface area contributed by atoms with Crippen molar-refractivity contribution in [2.24, 2.45) is 5.73 Å². The van der Waals surface area contributed by atoms with Crippen molar-refractivity contribution in [1.82, 2.24) is 47.9 Å². The molecule has 8 heterocycles. The average molecular weight is 1660 g/mol. The monoisotopic (exact) mass is 1650 g/mol. The topological polar surface area (TPSA) is 156 Å². The normalized spacial score (nSPS) is 26.9. The fourth-order valence-electron chi connectivity index (χ4n) is 12.3. The molecule has 0 bridgehead atoms. The summed E-state index contributed by atoms with van der Waals surface area (Å²) < 4.78 is 254. The van der Waals surface area contributed by atoms with Gasteiger partial charge in [0.2, 0.25) is 0 Å². The van der Waals surface area contributed by atoms with Crippen molar-refractivity contribution in [3.63, 3.8) is 0 Å². The predicted octanol–water partition coefficient (Wildman–Crippen LogP) is 14.2. The number of thioether (sulfide) groups is 3. The Morgan fingerprint density at radius 1 is 0.386 bits per heavy atom. The van der Waals surface area contributed by atoms with Gasteiger partial charge in [0, 0.05) is 106 Å². The van der Waals surface area contributed by atoms with E-state index in [4.69, 9.17) is 10.2 Å². The molecule has 15 nitrogen and oxygen atoms in total. The second kappa shape index (κ2) is 30.0. The predicted molar refractivity (Wildman–Crippen MR) is 364 cm³/mol. The van der Waals surface area contributed by atoms with Gasteiger partial charge in [-0.3, -0.25) is 60.8 Å². The molecule has 0 saturated heterocycles. The Kier molecular flexibility index (Phi) is 25.8. The summed E-state index contributed by atoms with van der Waals surface area (Å²) in [5.74, 6) is 11.9. The molecule has 101 heavy (non-hydrogen) atoms. The molecule has 0 saturated carbocycles. The van der Waals surface area contributed by atoms with Gasteiger partial charge in [0.05, 0.1) is 107 Å². The Balaban J connectivity index is 0.000000482. The van der Waals surface area contributed by atoms with E-state index >= 15 is 0 Å². The van der Waals surface area contributed by atoms with E-state index in [1.54, 1.807) is 0 Å². The Hall–Kier alpha value is -3.29. The fourth-order valence-corrected chi connectivity index (χ4v) is 20.5. The number of nitrogens with zero attached hydrogens (tertiary/aromatic N) is 4. The molecule has 0 unspecified atom stereocenters. The summed E-state index contributed by atoms with van der Waals surface area (Å²) in [6.07, 6.45) is 9.50. The van der Waals surface area contributed by atoms with Gasteiger partial charge in [-0.25, -0.2) is 0 Å². The molecule has 0 spiro atoms. The maximum absolute atomic E-state index is 10.7. The van der Waals surface area contributed by atoms with E-state index in [2.05, 4.69) is 183 Å². The number of halogens is 24. The summed E-state index contributed by atoms with van der Waals surface area (Å²) in [5.41, 5.74) is 5.69. The van der Waals surface area contributed by atoms with Crippen LogP contribution in [0.2, 0.25) is 5.04 Å². The summed E-state index contributed by atoms with van der Waals surface area (Å²) >= 11 is 6.35. The third kappa shape index (κ3) is 38.2. The molecule has 47 heteroatoms. The van der Waals surface area contributed by atoms with Crippen LogP contribution in [0.5, 0.6) is 0 Å². The van der Waals surface area contributed by atoms with Gasteiger partial charge in [0.1, 0.15) is 0 Å². The van der Waals surface area contributed by atoms with Crippen molar-refractivity contribution in [3.05, 3.63) is 60.7 Å². The number of benzene rings is 2. The fraction of sp³-hybridized carbons (Fsp3) is 0.704. The van der Waals surface area contributed by atoms with Crippen molar-refractivity contribution in [1.29, 1.82) is 0 Å². The van der Waals surface area contributed by atoms with Crippen LogP contribution in [0.4, 0.5) is 101 Å². The maximum atomic E-state index is 9.87. The van der Waals surface area contributed by atoms with E-state index in [1.165, 1.54) is 79.2 Å². The second-order valence-electron chi connectivity index (χ2n) is 26.8. The van der Waals surface area contributed by atoms with Crippen molar-refractivity contribution in [3.8, 4) is 0 Å². The zero-order chi connectivity index (χ0) is 75.7. The van der Waals surface area contributed by atoms with Gasteiger partial charge >= 0.3 is 156 Å². The molecule has 8 atom stereocenters. The first-order valence-corrected chi connectivity index (χ1v) is 45.7. The van der Waals surface area contributed by atoms with Gasteiger partial charge < -0.3 is 15.5 Å². The van der Waals surface area contributed by atoms with E-state index in [1.807, 2.05) is 0 Å². The molecule has 8 aliphatic heterocycles. The summed E-state index contributed by atoms with van der Waals surface area (Å²) in [6.45, 7) is 19.4. The number of nitrogens with two attached hydrogens (primary N) is 1. The molecular weight excluding hydrogens is 1560 g/mol. The SMILES string of the molecule is CC(C)(C)[Si](OC[C@H]1CC[N+]2=C(N1)N[C@@H](CSC[C@H]1CC[N+]3=C(N1)N[C@@H](CSC[C@H]1CC[N+]4=C(N[C@@H](CSC[C@H]5CC[N+]6=C(N[C@@H](CNCCN)CC6)N5)CC4)N1)CC3)CC2)(c1ccccc1)c1ccccc1.F[P-](F)(F)(F)(F)F.F[P-](F)(F)(F)(F)F.F[P-](F)(F)(F)(F)F.F[P-](F)(F)(F)(F)F. The van der Waals surface area contributed by atoms with Crippen LogP contribution in [0.15, 0.2) is 60.7 Å². The first-order valence-electron chi connectivity index (χ1n) is 32.2. The third-order valence-electron chi connectivity index (χ3n) is 16.5. The van der Waals surface area contributed by atoms with Gasteiger partial charge in [0.15, 0.2) is 0 Å². The van der Waals surface area contributed by atoms with Crippen molar-refractivity contribution >= 4 is 109 Å². The van der Waals surface area contributed by atoms with Gasteiger partial charge in [-0.1, -0.05) is 81.4 Å². The molecular formula is C54H90F24N14OP4S3Si. The first kappa shape index (κ1) is 86.6. The van der Waals surface area contributed by atoms with E-state index in [0.29, 0.717) is 55.4 Å². The molecule has 2 aromatic rings. The summed E-state index contributed by atoms with van der Waals surface area (Å²) in [5, 5.41) is 37.4. The Bertz CT molecular complexity index is 3050. The molecule has 11 N–H and O–H groups in total. The van der Waals surface area contributed by atoms with Crippen molar-refractivity contribution in [2.75, 3.05) is 113 Å². The average Bonchev–Trinajstić information content (AvgIpc) is 0.740. The van der Waals surface area contributed by atoms with Crippen LogP contribution in [0, 0.1) is 0 Å². The zero-order valence-electron chi connectivity index (χ0n) is 55.1. The molecule has 8 aliphatic rings. The quantitative estimate of drug-likeness (QED) is 0.0189. The van der Waals surface area contributed by atoms with Crippen molar-refractivity contribution in [2.45, 2.75) is 126 Å². The van der Waals surface area contributed by atoms with Gasteiger partial charge in [-0.15, -0.1) is 0 Å². The number of rotatable bonds is 21. The molecule has 0 fully saturated rings. The van der Waals surface area contributed by atoms with Gasteiger partial charge in [-0.05, 0) is 15.4 Å². The Morgan fingerprint density at radius 2 is 0.604 bits per heavy atom. The Labute approximate surface area is 582 Å². The zero-order valence-corrected chi connectivity index (χ0v) is 62.2. The van der Waals surface area contributed by atoms with Gasteiger partial charge in [0.25, 0.3) is 8.32 Å². The van der Waals surface area contributed by atoms with Crippen LogP contribution in [-0.2, 0) is 4.43 Å². The van der Waals surface area contributed by atoms with Crippen LogP contribution in [0.1, 0.15) is 72.1 Å². The second-order valence-corrected chi connectivity index (χ2v) is 42.0. The molecule has 0 radical (unpaired) electrons. The van der Waals surface area contributed by atoms with E-state index in [-0.39, 0.29) is 11.1 Å². The first-order chi connectivity index (χ1) is 45.5. The molecule has 0 aliphatic carbocycles. The van der Waals surface area contributed by atoms with Crippen molar-refractivity contribution < 1.29 is 123 Å². The summed E-state index contributed by atoms with van der Waals surface area (Å²) in [7, 11) is -45.2. The molecule has 2 aromatic carbocycles. The molecule has 0 amide bonds. The number of hydrogen-bond acceptors (Lipinski definition) is 14. The number of guanidine groups is 4. The van der Waals surface area contributed by atoms with Crippen LogP contribution >= 0.6 is 66.5 Å². The van der Waals surface area contributed by atoms with E-state index in [0.717, 1.165) is 106 Å². The van der Waals surface area contributed by atoms with Crippen LogP contribution in [0.3, 0.4) is 0 Å². The number of hydrogen-bond donors (Lipinski definition) is 10. The van der Waals surface area contributed by atoms with E-state index < -0.39 is 39.6 Å². The van der Waals surface area contributed by atoms with E-state index in [9.17, 15) is 101 Å². The van der Waals surface area contributed by atoms with Gasteiger partial charge in [-0.2, -0.15) is 35.3 Å². The number of nitrogens with one attached hydrogen (secondary N) is 9. The summed E-state index contributed by atoms with van der Waals surface area (Å²) in [4.78, 5) is 0. The summed E-state index contributed by atoms with van der Waals surface area (Å²) in [6, 6.07) is 25.9. The minimum atomic E-state index is -10.7. The van der Waals surface area contributed by atoms with Crippen LogP contribution in [-0.4, -0.2) is 212 Å². The van der Waals surface area contributed by atoms with Crippen LogP contribution in [0.25, 0.3) is 0 Å². The Morgan fingerprint density at radius 3 is 0.842 bits per heavy atom. The minimum absolute atomic E-state index is 0.0292.